The summed E-state index contributed by atoms with van der Waals surface area (Å²) in [4.78, 5) is 26.6. The van der Waals surface area contributed by atoms with Gasteiger partial charge in [-0.25, -0.2) is 0 Å². The van der Waals surface area contributed by atoms with E-state index in [2.05, 4.69) is 21.9 Å². The number of terminal acetylenes is 1. The summed E-state index contributed by atoms with van der Waals surface area (Å²) >= 11 is 3.40. The van der Waals surface area contributed by atoms with Crippen LogP contribution in [-0.4, -0.2) is 22.6 Å². The number of benzene rings is 2. The zero-order chi connectivity index (χ0) is 24.2. The molecule has 5 heteroatoms. The van der Waals surface area contributed by atoms with E-state index in [9.17, 15) is 9.59 Å². The highest BCUT2D eigenvalue weighted by Gasteiger charge is 2.21. The second-order valence-corrected chi connectivity index (χ2v) is 8.87. The fourth-order valence-electron chi connectivity index (χ4n) is 3.89. The largest absolute Gasteiger partial charge is 0.481 e. The first-order valence-corrected chi connectivity index (χ1v) is 11.5. The van der Waals surface area contributed by atoms with Crippen LogP contribution in [0.1, 0.15) is 43.1 Å². The molecule has 4 nitrogen and oxygen atoms in total. The van der Waals surface area contributed by atoms with E-state index in [0.29, 0.717) is 22.6 Å². The van der Waals surface area contributed by atoms with Crippen molar-refractivity contribution in [2.24, 2.45) is 0 Å². The number of nitrogens with zero attached hydrogens (tertiary/aromatic N) is 1. The van der Waals surface area contributed by atoms with Crippen LogP contribution in [0.2, 0.25) is 0 Å². The maximum atomic E-state index is 13.3. The zero-order valence-corrected chi connectivity index (χ0v) is 20.4. The quantitative estimate of drug-likeness (QED) is 0.162. The van der Waals surface area contributed by atoms with E-state index < -0.39 is 0 Å². The lowest BCUT2D eigenvalue weighted by Crippen LogP contribution is -2.05. The van der Waals surface area contributed by atoms with E-state index in [1.54, 1.807) is 36.4 Å². The Hall–Kier alpha value is -3.88. The van der Waals surface area contributed by atoms with Crippen molar-refractivity contribution in [3.63, 3.8) is 0 Å². The van der Waals surface area contributed by atoms with E-state index in [0.717, 1.165) is 26.7 Å². The molecule has 4 aromatic rings. The van der Waals surface area contributed by atoms with Crippen molar-refractivity contribution in [1.82, 2.24) is 4.40 Å². The molecule has 2 heterocycles. The molecule has 0 aliphatic heterocycles. The number of pyridine rings is 1. The molecule has 0 saturated carbocycles. The van der Waals surface area contributed by atoms with Crippen molar-refractivity contribution < 1.29 is 14.3 Å². The predicted molar refractivity (Wildman–Crippen MR) is 139 cm³/mol. The Bertz CT molecular complexity index is 1450. The van der Waals surface area contributed by atoms with Crippen LogP contribution in [0.25, 0.3) is 11.6 Å². The van der Waals surface area contributed by atoms with Crippen molar-refractivity contribution in [1.29, 1.82) is 0 Å². The van der Waals surface area contributed by atoms with Crippen LogP contribution in [0, 0.1) is 26.2 Å². The number of hydrogen-bond donors (Lipinski definition) is 0. The Labute approximate surface area is 207 Å². The van der Waals surface area contributed by atoms with Gasteiger partial charge >= 0.3 is 0 Å². The lowest BCUT2D eigenvalue weighted by Gasteiger charge is -2.07. The van der Waals surface area contributed by atoms with Crippen LogP contribution in [0.4, 0.5) is 0 Å². The van der Waals surface area contributed by atoms with Gasteiger partial charge in [0.15, 0.2) is 5.78 Å². The molecule has 168 valence electrons. The third-order valence-corrected chi connectivity index (χ3v) is 5.95. The number of aryl methyl sites for hydroxylation is 2. The zero-order valence-electron chi connectivity index (χ0n) is 18.8. The van der Waals surface area contributed by atoms with E-state index >= 15 is 0 Å². The van der Waals surface area contributed by atoms with Gasteiger partial charge in [0.05, 0.1) is 11.2 Å². The number of rotatable bonds is 7. The summed E-state index contributed by atoms with van der Waals surface area (Å²) in [6, 6.07) is 18.2. The van der Waals surface area contributed by atoms with Gasteiger partial charge in [0, 0.05) is 21.8 Å². The summed E-state index contributed by atoms with van der Waals surface area (Å²) in [5, 5.41) is 0. The van der Waals surface area contributed by atoms with Gasteiger partial charge in [-0.15, -0.1) is 6.42 Å². The van der Waals surface area contributed by atoms with Crippen LogP contribution < -0.4 is 4.74 Å². The third kappa shape index (κ3) is 4.88. The van der Waals surface area contributed by atoms with E-state index in [4.69, 9.17) is 11.2 Å². The van der Waals surface area contributed by atoms with Gasteiger partial charge in [0.1, 0.15) is 12.4 Å². The van der Waals surface area contributed by atoms with Crippen molar-refractivity contribution in [3.8, 4) is 18.1 Å². The van der Waals surface area contributed by atoms with Gasteiger partial charge in [-0.2, -0.15) is 0 Å². The molecule has 0 N–H and O–H groups in total. The SMILES string of the molecule is C#CCOc1ccc(/C=C/C(=O)c2cc(C(=O)c3ccc(Br)cc3)n3cc(C)cc(C)c23)cc1. The number of carbonyl (C=O) groups is 2. The highest BCUT2D eigenvalue weighted by molar-refractivity contribution is 9.10. The molecule has 34 heavy (non-hydrogen) atoms. The maximum Gasteiger partial charge on any atom is 0.209 e. The summed E-state index contributed by atoms with van der Waals surface area (Å²) in [7, 11) is 0. The van der Waals surface area contributed by atoms with Gasteiger partial charge in [0.25, 0.3) is 0 Å². The fourth-order valence-corrected chi connectivity index (χ4v) is 4.15. The molecule has 0 atom stereocenters. The number of ether oxygens (including phenoxy) is 1. The highest BCUT2D eigenvalue weighted by atomic mass is 79.9. The van der Waals surface area contributed by atoms with Crippen LogP contribution >= 0.6 is 15.9 Å². The van der Waals surface area contributed by atoms with Crippen LogP contribution in [0.5, 0.6) is 5.75 Å². The standard InChI is InChI=1S/C29H22BrNO3/c1-4-15-34-24-12-5-21(6-13-24)7-14-27(32)25-17-26(29(33)22-8-10-23(30)11-9-22)31-18-19(2)16-20(3)28(25)31/h1,5-14,16-18H,15H2,2-3H3/b14-7+. The molecule has 2 aromatic carbocycles. The predicted octanol–water partition coefficient (Wildman–Crippen LogP) is 6.46. The van der Waals surface area contributed by atoms with Crippen molar-refractivity contribution >= 4 is 39.1 Å². The minimum absolute atomic E-state index is 0.141. The van der Waals surface area contributed by atoms with Crippen molar-refractivity contribution in [3.05, 3.63) is 111 Å². The number of halogens is 1. The van der Waals surface area contributed by atoms with E-state index in [-0.39, 0.29) is 18.2 Å². The van der Waals surface area contributed by atoms with Crippen LogP contribution in [0.3, 0.4) is 0 Å². The Morgan fingerprint density at radius 1 is 1.06 bits per heavy atom. The minimum atomic E-state index is -0.174. The summed E-state index contributed by atoms with van der Waals surface area (Å²) in [6.07, 6.45) is 10.4. The first kappa shape index (κ1) is 23.3. The first-order chi connectivity index (χ1) is 16.4. The maximum absolute atomic E-state index is 13.3. The van der Waals surface area contributed by atoms with Crippen molar-refractivity contribution in [2.45, 2.75) is 13.8 Å². The molecule has 0 bridgehead atoms. The monoisotopic (exact) mass is 511 g/mol. The molecule has 2 aromatic heterocycles. The molecule has 0 amide bonds. The molecular formula is C29H22BrNO3. The Kier molecular flexibility index (Phi) is 6.81. The lowest BCUT2D eigenvalue weighted by molar-refractivity contribution is 0.103. The van der Waals surface area contributed by atoms with Crippen LogP contribution in [-0.2, 0) is 0 Å². The third-order valence-electron chi connectivity index (χ3n) is 5.42. The Balaban J connectivity index is 1.70. The lowest BCUT2D eigenvalue weighted by atomic mass is 10.1. The topological polar surface area (TPSA) is 47.8 Å². The van der Waals surface area contributed by atoms with Gasteiger partial charge < -0.3 is 9.14 Å². The summed E-state index contributed by atoms with van der Waals surface area (Å²) in [5.74, 6) is 2.78. The van der Waals surface area contributed by atoms with Crippen LogP contribution in [0.15, 0.2) is 77.4 Å². The summed E-state index contributed by atoms with van der Waals surface area (Å²) < 4.78 is 8.10. The average Bonchev–Trinajstić information content (AvgIpc) is 3.21. The fraction of sp³-hybridized carbons (Fsp3) is 0.103. The van der Waals surface area contributed by atoms with Gasteiger partial charge in [0.2, 0.25) is 5.78 Å². The number of allylic oxidation sites excluding steroid dienone is 1. The summed E-state index contributed by atoms with van der Waals surface area (Å²) in [5.41, 5.74) is 5.03. The number of hydrogen-bond acceptors (Lipinski definition) is 3. The molecule has 0 spiro atoms. The van der Waals surface area contributed by atoms with Gasteiger partial charge in [-0.3, -0.25) is 9.59 Å². The van der Waals surface area contributed by atoms with Gasteiger partial charge in [-0.05, 0) is 79.1 Å². The van der Waals surface area contributed by atoms with Gasteiger partial charge in [-0.1, -0.05) is 46.1 Å². The average molecular weight is 512 g/mol. The molecule has 0 saturated heterocycles. The number of ketones is 2. The Morgan fingerprint density at radius 3 is 2.44 bits per heavy atom. The smallest absolute Gasteiger partial charge is 0.209 e. The molecule has 4 rings (SSSR count). The minimum Gasteiger partial charge on any atom is -0.481 e. The highest BCUT2D eigenvalue weighted by Crippen LogP contribution is 2.26. The number of aromatic nitrogens is 1. The second kappa shape index (κ2) is 9.94. The number of carbonyl (C=O) groups excluding carboxylic acids is 2. The number of fused-ring (bicyclic) bond motifs is 1. The summed E-state index contributed by atoms with van der Waals surface area (Å²) in [6.45, 7) is 4.12. The normalized spacial score (nSPS) is 11.0. The van der Waals surface area contributed by atoms with E-state index in [1.807, 2.05) is 54.8 Å². The second-order valence-electron chi connectivity index (χ2n) is 7.96. The first-order valence-electron chi connectivity index (χ1n) is 10.7. The van der Waals surface area contributed by atoms with Crippen molar-refractivity contribution in [2.75, 3.05) is 6.61 Å². The molecule has 0 fully saturated rings. The molecule has 0 radical (unpaired) electrons. The van der Waals surface area contributed by atoms with E-state index in [1.165, 1.54) is 6.08 Å². The molecule has 0 aliphatic rings. The Morgan fingerprint density at radius 2 is 1.76 bits per heavy atom. The molecule has 0 aliphatic carbocycles. The molecular weight excluding hydrogens is 490 g/mol. The molecule has 0 unspecified atom stereocenters.